The monoisotopic (exact) mass is 510 g/mol. The van der Waals surface area contributed by atoms with Crippen molar-refractivity contribution in [2.75, 3.05) is 12.1 Å². The van der Waals surface area contributed by atoms with Crippen molar-refractivity contribution in [3.05, 3.63) is 89.1 Å². The minimum atomic E-state index is -0.334. The number of aryl methyl sites for hydroxylation is 1. The van der Waals surface area contributed by atoms with Gasteiger partial charge in [-0.25, -0.2) is 4.79 Å². The van der Waals surface area contributed by atoms with Crippen LogP contribution < -0.4 is 20.1 Å². The first-order valence-corrected chi connectivity index (χ1v) is 12.4. The average Bonchev–Trinajstić information content (AvgIpc) is 3.48. The molecule has 3 aromatic carbocycles. The largest absolute Gasteiger partial charge is 0.507 e. The minimum Gasteiger partial charge on any atom is -0.507 e. The van der Waals surface area contributed by atoms with E-state index in [9.17, 15) is 14.7 Å². The molecule has 9 heteroatoms. The number of hydrogen-bond acceptors (Lipinski definition) is 6. The fraction of sp³-hybridized carbons (Fsp3) is 0.207. The number of phenols is 1. The van der Waals surface area contributed by atoms with Gasteiger partial charge in [-0.2, -0.15) is 9.78 Å². The van der Waals surface area contributed by atoms with Gasteiger partial charge in [0.1, 0.15) is 5.75 Å². The average molecular weight is 511 g/mol. The molecule has 0 bridgehead atoms. The van der Waals surface area contributed by atoms with E-state index in [4.69, 9.17) is 9.47 Å². The summed E-state index contributed by atoms with van der Waals surface area (Å²) in [5, 5.41) is 21.0. The molecule has 1 aromatic heterocycles. The molecule has 1 fully saturated rings. The number of aromatic nitrogens is 2. The number of carbonyl (C=O) groups is 2. The zero-order valence-corrected chi connectivity index (χ0v) is 20.7. The van der Waals surface area contributed by atoms with Crippen molar-refractivity contribution in [3.8, 4) is 28.5 Å². The van der Waals surface area contributed by atoms with E-state index in [2.05, 4.69) is 15.7 Å². The summed E-state index contributed by atoms with van der Waals surface area (Å²) < 4.78 is 12.0. The molecule has 1 saturated carbocycles. The number of ether oxygens (including phenoxy) is 2. The Morgan fingerprint density at radius 1 is 1.03 bits per heavy atom. The third-order valence-corrected chi connectivity index (χ3v) is 6.62. The van der Waals surface area contributed by atoms with Gasteiger partial charge in [-0.05, 0) is 67.8 Å². The van der Waals surface area contributed by atoms with Gasteiger partial charge in [-0.1, -0.05) is 29.8 Å². The van der Waals surface area contributed by atoms with Crippen molar-refractivity contribution >= 4 is 17.6 Å². The van der Waals surface area contributed by atoms with Crippen LogP contribution in [0.25, 0.3) is 11.3 Å². The molecule has 0 atom stereocenters. The van der Waals surface area contributed by atoms with Crippen molar-refractivity contribution in [1.82, 2.24) is 15.1 Å². The van der Waals surface area contributed by atoms with E-state index in [0.29, 0.717) is 40.6 Å². The molecule has 1 aliphatic carbocycles. The molecule has 9 nitrogen and oxygen atoms in total. The standard InChI is InChI=1S/C29H26N4O5/c1-17-3-2-4-18(11-17)15-30-29(36)33-24(19-5-6-19)14-23(32-33)22-13-21(8-9-25(22)34)31-28(35)20-7-10-26-27(12-20)38-16-37-26/h2-4,7-14,19,34H,5-6,15-16H2,1H3,(H,30,36)(H,31,35). The molecule has 0 radical (unpaired) electrons. The number of aromatic hydroxyl groups is 1. The summed E-state index contributed by atoms with van der Waals surface area (Å²) in [4.78, 5) is 25.9. The highest BCUT2D eigenvalue weighted by Crippen LogP contribution is 2.42. The topological polar surface area (TPSA) is 115 Å². The second-order valence-electron chi connectivity index (χ2n) is 9.54. The van der Waals surface area contributed by atoms with Crippen LogP contribution in [0.4, 0.5) is 10.5 Å². The lowest BCUT2D eigenvalue weighted by Crippen LogP contribution is -2.30. The molecule has 4 aromatic rings. The van der Waals surface area contributed by atoms with Crippen molar-refractivity contribution < 1.29 is 24.2 Å². The Hall–Kier alpha value is -4.79. The second-order valence-corrected chi connectivity index (χ2v) is 9.54. The number of amides is 2. The summed E-state index contributed by atoms with van der Waals surface area (Å²) in [5.74, 6) is 1.02. The Balaban J connectivity index is 1.23. The van der Waals surface area contributed by atoms with E-state index < -0.39 is 0 Å². The maximum absolute atomic E-state index is 13.1. The predicted octanol–water partition coefficient (Wildman–Crippen LogP) is 5.18. The molecule has 2 heterocycles. The Morgan fingerprint density at radius 2 is 1.87 bits per heavy atom. The van der Waals surface area contributed by atoms with Gasteiger partial charge in [-0.3, -0.25) is 4.79 Å². The smallest absolute Gasteiger partial charge is 0.342 e. The van der Waals surface area contributed by atoms with Crippen LogP contribution >= 0.6 is 0 Å². The lowest BCUT2D eigenvalue weighted by molar-refractivity contribution is 0.102. The molecule has 6 rings (SSSR count). The summed E-state index contributed by atoms with van der Waals surface area (Å²) >= 11 is 0. The fourth-order valence-electron chi connectivity index (χ4n) is 4.49. The summed E-state index contributed by atoms with van der Waals surface area (Å²) in [6.07, 6.45) is 1.96. The van der Waals surface area contributed by atoms with Crippen molar-refractivity contribution in [2.24, 2.45) is 0 Å². The van der Waals surface area contributed by atoms with E-state index >= 15 is 0 Å². The summed E-state index contributed by atoms with van der Waals surface area (Å²) in [5.41, 5.74) is 4.69. The molecule has 1 aliphatic heterocycles. The number of benzene rings is 3. The molecule has 0 saturated heterocycles. The molecule has 3 N–H and O–H groups in total. The van der Waals surface area contributed by atoms with E-state index in [1.54, 1.807) is 30.3 Å². The fourth-order valence-corrected chi connectivity index (χ4v) is 4.49. The number of rotatable bonds is 6. The van der Waals surface area contributed by atoms with Crippen molar-refractivity contribution in [2.45, 2.75) is 32.2 Å². The van der Waals surface area contributed by atoms with E-state index in [-0.39, 0.29) is 30.4 Å². The molecule has 38 heavy (non-hydrogen) atoms. The quantitative estimate of drug-likeness (QED) is 0.308. The van der Waals surface area contributed by atoms with Gasteiger partial charge in [0.15, 0.2) is 11.5 Å². The molecule has 2 amide bonds. The van der Waals surface area contributed by atoms with Gasteiger partial charge >= 0.3 is 6.03 Å². The van der Waals surface area contributed by atoms with E-state index in [1.807, 2.05) is 37.3 Å². The first kappa shape index (κ1) is 23.6. The second kappa shape index (κ2) is 9.59. The zero-order valence-electron chi connectivity index (χ0n) is 20.7. The number of nitrogens with zero attached hydrogens (tertiary/aromatic N) is 2. The molecular weight excluding hydrogens is 484 g/mol. The van der Waals surface area contributed by atoms with Crippen molar-refractivity contribution in [1.29, 1.82) is 0 Å². The molecule has 192 valence electrons. The highest BCUT2D eigenvalue weighted by Gasteiger charge is 2.31. The first-order valence-electron chi connectivity index (χ1n) is 12.4. The first-order chi connectivity index (χ1) is 18.4. The predicted molar refractivity (Wildman–Crippen MR) is 141 cm³/mol. The van der Waals surface area contributed by atoms with Crippen LogP contribution in [0.2, 0.25) is 0 Å². The maximum Gasteiger partial charge on any atom is 0.342 e. The highest BCUT2D eigenvalue weighted by atomic mass is 16.7. The van der Waals surface area contributed by atoms with Gasteiger partial charge in [0.05, 0.1) is 11.4 Å². The van der Waals surface area contributed by atoms with Gasteiger partial charge < -0.3 is 25.2 Å². The van der Waals surface area contributed by atoms with Crippen LogP contribution in [0.15, 0.2) is 66.7 Å². The van der Waals surface area contributed by atoms with Crippen LogP contribution in [0.1, 0.15) is 45.9 Å². The van der Waals surface area contributed by atoms with E-state index in [0.717, 1.165) is 29.7 Å². The number of hydrogen-bond donors (Lipinski definition) is 3. The maximum atomic E-state index is 13.1. The third-order valence-electron chi connectivity index (χ3n) is 6.62. The molecular formula is C29H26N4O5. The Bertz CT molecular complexity index is 1560. The number of nitrogens with one attached hydrogen (secondary N) is 2. The number of phenolic OH excluding ortho intramolecular Hbond substituents is 1. The summed E-state index contributed by atoms with van der Waals surface area (Å²) in [7, 11) is 0. The van der Waals surface area contributed by atoms with Gasteiger partial charge in [0.2, 0.25) is 6.79 Å². The van der Waals surface area contributed by atoms with Crippen LogP contribution in [0, 0.1) is 6.92 Å². The number of fused-ring (bicyclic) bond motifs is 1. The Kier molecular flexibility index (Phi) is 5.95. The number of anilines is 1. The Labute approximate surface area is 219 Å². The molecule has 2 aliphatic rings. The Morgan fingerprint density at radius 3 is 2.68 bits per heavy atom. The normalized spacial score (nSPS) is 13.8. The molecule has 0 unspecified atom stereocenters. The third kappa shape index (κ3) is 4.78. The number of carbonyl (C=O) groups excluding carboxylic acids is 2. The molecule has 0 spiro atoms. The van der Waals surface area contributed by atoms with Crippen LogP contribution in [-0.2, 0) is 6.54 Å². The van der Waals surface area contributed by atoms with Gasteiger partial charge in [0, 0.05) is 29.3 Å². The van der Waals surface area contributed by atoms with Crippen LogP contribution in [0.5, 0.6) is 17.2 Å². The minimum absolute atomic E-state index is 0.00163. The van der Waals surface area contributed by atoms with Gasteiger partial charge in [0.25, 0.3) is 5.91 Å². The van der Waals surface area contributed by atoms with Crippen LogP contribution in [0.3, 0.4) is 0 Å². The highest BCUT2D eigenvalue weighted by molar-refractivity contribution is 6.05. The lowest BCUT2D eigenvalue weighted by atomic mass is 10.1. The lowest BCUT2D eigenvalue weighted by Gasteiger charge is -2.09. The van der Waals surface area contributed by atoms with Gasteiger partial charge in [-0.15, -0.1) is 0 Å². The SMILES string of the molecule is Cc1cccc(CNC(=O)n2nc(-c3cc(NC(=O)c4ccc5c(c4)OCO5)ccc3O)cc2C2CC2)c1. The van der Waals surface area contributed by atoms with E-state index in [1.165, 1.54) is 10.7 Å². The summed E-state index contributed by atoms with van der Waals surface area (Å²) in [6.45, 7) is 2.52. The zero-order chi connectivity index (χ0) is 26.2. The van der Waals surface area contributed by atoms with Crippen molar-refractivity contribution in [3.63, 3.8) is 0 Å². The van der Waals surface area contributed by atoms with Crippen LogP contribution in [-0.4, -0.2) is 33.6 Å². The summed E-state index contributed by atoms with van der Waals surface area (Å²) in [6, 6.07) is 19.2.